The van der Waals surface area contributed by atoms with Crippen molar-refractivity contribution in [3.05, 3.63) is 11.3 Å². The van der Waals surface area contributed by atoms with Crippen LogP contribution in [0.3, 0.4) is 0 Å². The fraction of sp³-hybridized carbons (Fsp3) is 0.727. The number of aliphatic hydroxyl groups is 1. The largest absolute Gasteiger partial charge is 0.402 e. The molecule has 0 saturated heterocycles. The van der Waals surface area contributed by atoms with E-state index in [9.17, 15) is 0 Å². The number of hydrogen-bond donors (Lipinski definition) is 2. The lowest BCUT2D eigenvalue weighted by molar-refractivity contribution is 0.300. The molecule has 0 rings (SSSR count). The van der Waals surface area contributed by atoms with E-state index in [1.54, 1.807) is 7.05 Å². The first-order valence-corrected chi connectivity index (χ1v) is 5.05. The van der Waals surface area contributed by atoms with Crippen LogP contribution >= 0.6 is 0 Å². The molecule has 0 aromatic carbocycles. The van der Waals surface area contributed by atoms with Crippen LogP contribution in [-0.4, -0.2) is 24.5 Å². The fourth-order valence-corrected chi connectivity index (χ4v) is 1.38. The van der Waals surface area contributed by atoms with E-state index in [-0.39, 0.29) is 6.61 Å². The summed E-state index contributed by atoms with van der Waals surface area (Å²) in [6, 6.07) is 0. The second kappa shape index (κ2) is 6.60. The summed E-state index contributed by atoms with van der Waals surface area (Å²) < 4.78 is 0. The van der Waals surface area contributed by atoms with Gasteiger partial charge < -0.3 is 10.8 Å². The average Bonchev–Trinajstić information content (AvgIpc) is 2.11. The zero-order valence-corrected chi connectivity index (χ0v) is 9.67. The van der Waals surface area contributed by atoms with Crippen molar-refractivity contribution in [2.24, 2.45) is 16.6 Å². The van der Waals surface area contributed by atoms with Crippen molar-refractivity contribution in [2.45, 2.75) is 33.6 Å². The van der Waals surface area contributed by atoms with Crippen LogP contribution < -0.4 is 5.73 Å². The zero-order chi connectivity index (χ0) is 11.1. The van der Waals surface area contributed by atoms with Gasteiger partial charge in [0.25, 0.3) is 0 Å². The van der Waals surface area contributed by atoms with Crippen molar-refractivity contribution >= 4 is 5.71 Å². The van der Waals surface area contributed by atoms with Gasteiger partial charge in [0.05, 0.1) is 0 Å². The third-order valence-corrected chi connectivity index (χ3v) is 2.15. The Bertz CT molecular complexity index is 229. The topological polar surface area (TPSA) is 58.6 Å². The third kappa shape index (κ3) is 4.42. The molecule has 3 N–H and O–H groups in total. The van der Waals surface area contributed by atoms with Crippen molar-refractivity contribution in [3.63, 3.8) is 0 Å². The molecule has 0 amide bonds. The van der Waals surface area contributed by atoms with Gasteiger partial charge in [0.1, 0.15) is 0 Å². The van der Waals surface area contributed by atoms with Gasteiger partial charge in [0, 0.05) is 25.1 Å². The molecule has 0 heterocycles. The summed E-state index contributed by atoms with van der Waals surface area (Å²) in [6.45, 7) is 6.31. The van der Waals surface area contributed by atoms with Crippen molar-refractivity contribution in [1.82, 2.24) is 0 Å². The number of allylic oxidation sites excluding steroid dienone is 1. The van der Waals surface area contributed by atoms with Crippen LogP contribution in [0.2, 0.25) is 0 Å². The molecule has 0 aromatic rings. The minimum Gasteiger partial charge on any atom is -0.402 e. The van der Waals surface area contributed by atoms with Gasteiger partial charge in [-0.2, -0.15) is 0 Å². The molecule has 0 aliphatic carbocycles. The second-order valence-corrected chi connectivity index (χ2v) is 3.88. The minimum absolute atomic E-state index is 0.126. The predicted molar refractivity (Wildman–Crippen MR) is 61.4 cm³/mol. The number of nitrogens with two attached hydrogens (primary N) is 1. The number of nitrogens with zero attached hydrogens (tertiary/aromatic N) is 1. The SMILES string of the molecule is CN=C(C)C(CCO)=C(N)CC(C)C. The lowest BCUT2D eigenvalue weighted by Gasteiger charge is -2.12. The van der Waals surface area contributed by atoms with Crippen molar-refractivity contribution in [2.75, 3.05) is 13.7 Å². The molecule has 3 heteroatoms. The minimum atomic E-state index is 0.126. The van der Waals surface area contributed by atoms with Crippen molar-refractivity contribution in [1.29, 1.82) is 0 Å². The molecular formula is C11H22N2O. The normalized spacial score (nSPS) is 14.6. The Morgan fingerprint density at radius 1 is 1.43 bits per heavy atom. The number of rotatable bonds is 5. The quantitative estimate of drug-likeness (QED) is 0.661. The van der Waals surface area contributed by atoms with E-state index in [0.717, 1.165) is 23.4 Å². The van der Waals surface area contributed by atoms with E-state index >= 15 is 0 Å². The van der Waals surface area contributed by atoms with Crippen molar-refractivity contribution < 1.29 is 5.11 Å². The van der Waals surface area contributed by atoms with Crippen LogP contribution in [0.5, 0.6) is 0 Å². The Hall–Kier alpha value is -0.830. The summed E-state index contributed by atoms with van der Waals surface area (Å²) in [5.74, 6) is 0.536. The van der Waals surface area contributed by atoms with Gasteiger partial charge >= 0.3 is 0 Å². The van der Waals surface area contributed by atoms with Crippen LogP contribution in [0, 0.1) is 5.92 Å². The van der Waals surface area contributed by atoms with E-state index in [1.165, 1.54) is 0 Å². The number of aliphatic hydroxyl groups excluding tert-OH is 1. The fourth-order valence-electron chi connectivity index (χ4n) is 1.38. The summed E-state index contributed by atoms with van der Waals surface area (Å²) in [5, 5.41) is 8.92. The molecule has 0 atom stereocenters. The molecule has 0 aliphatic rings. The highest BCUT2D eigenvalue weighted by atomic mass is 16.2. The third-order valence-electron chi connectivity index (χ3n) is 2.15. The second-order valence-electron chi connectivity index (χ2n) is 3.88. The smallest absolute Gasteiger partial charge is 0.0472 e. The molecule has 0 bridgehead atoms. The Balaban J connectivity index is 4.75. The van der Waals surface area contributed by atoms with E-state index in [1.807, 2.05) is 6.92 Å². The molecule has 0 fully saturated rings. The monoisotopic (exact) mass is 198 g/mol. The van der Waals surface area contributed by atoms with Gasteiger partial charge in [-0.05, 0) is 31.3 Å². The van der Waals surface area contributed by atoms with Crippen LogP contribution in [0.4, 0.5) is 0 Å². The number of aliphatic imine (C=N–C) groups is 1. The maximum atomic E-state index is 8.92. The van der Waals surface area contributed by atoms with Gasteiger partial charge in [-0.1, -0.05) is 13.8 Å². The van der Waals surface area contributed by atoms with E-state index in [4.69, 9.17) is 10.8 Å². The average molecular weight is 198 g/mol. The molecule has 0 aromatic heterocycles. The lowest BCUT2D eigenvalue weighted by Crippen LogP contribution is -2.12. The van der Waals surface area contributed by atoms with Crippen LogP contribution in [-0.2, 0) is 0 Å². The molecule has 0 aliphatic heterocycles. The molecule has 0 radical (unpaired) electrons. The van der Waals surface area contributed by atoms with E-state index in [2.05, 4.69) is 18.8 Å². The molecule has 0 unspecified atom stereocenters. The van der Waals surface area contributed by atoms with Crippen LogP contribution in [0.1, 0.15) is 33.6 Å². The van der Waals surface area contributed by atoms with Crippen molar-refractivity contribution in [3.8, 4) is 0 Å². The molecular weight excluding hydrogens is 176 g/mol. The van der Waals surface area contributed by atoms with Gasteiger partial charge in [-0.15, -0.1) is 0 Å². The first kappa shape index (κ1) is 13.2. The first-order chi connectivity index (χ1) is 6.52. The molecule has 0 spiro atoms. The highest BCUT2D eigenvalue weighted by Gasteiger charge is 2.07. The Morgan fingerprint density at radius 3 is 2.36 bits per heavy atom. The highest BCUT2D eigenvalue weighted by Crippen LogP contribution is 2.14. The molecule has 14 heavy (non-hydrogen) atoms. The Labute approximate surface area is 86.7 Å². The maximum Gasteiger partial charge on any atom is 0.0472 e. The Kier molecular flexibility index (Phi) is 6.21. The number of hydrogen-bond acceptors (Lipinski definition) is 3. The highest BCUT2D eigenvalue weighted by molar-refractivity contribution is 5.98. The van der Waals surface area contributed by atoms with E-state index < -0.39 is 0 Å². The van der Waals surface area contributed by atoms with Gasteiger partial charge in [-0.25, -0.2) is 0 Å². The maximum absolute atomic E-state index is 8.92. The zero-order valence-electron chi connectivity index (χ0n) is 9.67. The first-order valence-electron chi connectivity index (χ1n) is 5.05. The summed E-state index contributed by atoms with van der Waals surface area (Å²) >= 11 is 0. The lowest BCUT2D eigenvalue weighted by atomic mass is 9.99. The molecule has 3 nitrogen and oxygen atoms in total. The summed E-state index contributed by atoms with van der Waals surface area (Å²) in [7, 11) is 1.75. The molecule has 82 valence electrons. The van der Waals surface area contributed by atoms with Crippen LogP contribution in [0.15, 0.2) is 16.3 Å². The summed E-state index contributed by atoms with van der Waals surface area (Å²) in [6.07, 6.45) is 1.46. The van der Waals surface area contributed by atoms with E-state index in [0.29, 0.717) is 12.3 Å². The van der Waals surface area contributed by atoms with Gasteiger partial charge in [-0.3, -0.25) is 4.99 Å². The summed E-state index contributed by atoms with van der Waals surface area (Å²) in [5.41, 5.74) is 8.76. The van der Waals surface area contributed by atoms with Crippen LogP contribution in [0.25, 0.3) is 0 Å². The van der Waals surface area contributed by atoms with Gasteiger partial charge in [0.15, 0.2) is 0 Å². The summed E-state index contributed by atoms with van der Waals surface area (Å²) in [4.78, 5) is 4.10. The van der Waals surface area contributed by atoms with Gasteiger partial charge in [0.2, 0.25) is 0 Å². The predicted octanol–water partition coefficient (Wildman–Crippen LogP) is 1.72. The Morgan fingerprint density at radius 2 is 2.00 bits per heavy atom. The molecule has 0 saturated carbocycles. The standard InChI is InChI=1S/C11H22N2O/c1-8(2)7-11(12)10(5-6-14)9(3)13-4/h8,14H,5-7,12H2,1-4H3.